The molecule has 0 saturated heterocycles. The fourth-order valence-corrected chi connectivity index (χ4v) is 4.58. The van der Waals surface area contributed by atoms with Gasteiger partial charge < -0.3 is 15.4 Å². The number of methoxy groups -OCH3 is 1. The number of halogens is 1. The van der Waals surface area contributed by atoms with Gasteiger partial charge in [-0.2, -0.15) is 4.98 Å². The summed E-state index contributed by atoms with van der Waals surface area (Å²) in [4.78, 5) is 18.5. The van der Waals surface area contributed by atoms with Crippen molar-refractivity contribution in [2.45, 2.75) is 39.2 Å². The number of nitrogens with one attached hydrogen (secondary N) is 2. The number of fused-ring (bicyclic) bond motifs is 1. The first-order valence-corrected chi connectivity index (χ1v) is 12.4. The monoisotopic (exact) mass is 511 g/mol. The maximum Gasteiger partial charge on any atom is 0.255 e. The Hall–Kier alpha value is -4.46. The van der Waals surface area contributed by atoms with E-state index in [-0.39, 0.29) is 17.1 Å². The van der Waals surface area contributed by atoms with E-state index in [2.05, 4.69) is 43.5 Å². The van der Waals surface area contributed by atoms with Crippen molar-refractivity contribution >= 4 is 17.5 Å². The van der Waals surface area contributed by atoms with Crippen LogP contribution in [0.5, 0.6) is 5.75 Å². The normalized spacial score (nSPS) is 15.1. The highest BCUT2D eigenvalue weighted by atomic mass is 19.1. The Morgan fingerprint density at radius 3 is 2.37 bits per heavy atom. The molecule has 8 heteroatoms. The fourth-order valence-electron chi connectivity index (χ4n) is 4.58. The van der Waals surface area contributed by atoms with Gasteiger partial charge in [-0.3, -0.25) is 4.79 Å². The lowest BCUT2D eigenvalue weighted by Crippen LogP contribution is -2.31. The van der Waals surface area contributed by atoms with Crippen LogP contribution in [0.2, 0.25) is 0 Å². The van der Waals surface area contributed by atoms with Gasteiger partial charge in [-0.25, -0.2) is 9.07 Å². The Morgan fingerprint density at radius 1 is 1.03 bits per heavy atom. The average molecular weight is 512 g/mol. The molecule has 4 aromatic rings. The molecular weight excluding hydrogens is 481 g/mol. The second-order valence-corrected chi connectivity index (χ2v) is 10.3. The molecule has 7 nitrogen and oxygen atoms in total. The standard InChI is InChI=1S/C30H30FN5O2/c1-18-25(28(37)33-23-8-6-7-9-24(23)38-5)26(19-12-16-22(31)17-13-19)36-29(32-18)34-27(35-36)20-10-14-21(15-11-20)30(2,3)4/h6-17,26H,1-5H3,(H,33,37)(H,32,34,35). The number of anilines is 2. The Balaban J connectivity index is 1.57. The summed E-state index contributed by atoms with van der Waals surface area (Å²) in [5.74, 6) is 0.886. The van der Waals surface area contributed by atoms with Gasteiger partial charge in [0.2, 0.25) is 5.95 Å². The fraction of sp³-hybridized carbons (Fsp3) is 0.233. The molecule has 38 heavy (non-hydrogen) atoms. The Morgan fingerprint density at radius 2 is 1.71 bits per heavy atom. The van der Waals surface area contributed by atoms with E-state index in [1.54, 1.807) is 36.1 Å². The number of hydrogen-bond donors (Lipinski definition) is 2. The molecule has 0 spiro atoms. The Bertz CT molecular complexity index is 1520. The zero-order chi connectivity index (χ0) is 27.0. The van der Waals surface area contributed by atoms with Crippen molar-refractivity contribution < 1.29 is 13.9 Å². The van der Waals surface area contributed by atoms with E-state index in [1.807, 2.05) is 31.2 Å². The SMILES string of the molecule is COc1ccccc1NC(=O)C1=C(C)Nc2nc(-c3ccc(C(C)(C)C)cc3)nn2C1c1ccc(F)cc1. The number of ether oxygens (including phenoxy) is 1. The maximum absolute atomic E-state index is 13.8. The highest BCUT2D eigenvalue weighted by molar-refractivity contribution is 6.06. The number of para-hydroxylation sites is 2. The summed E-state index contributed by atoms with van der Waals surface area (Å²) in [6, 6.07) is 20.8. The zero-order valence-electron chi connectivity index (χ0n) is 22.0. The van der Waals surface area contributed by atoms with Gasteiger partial charge in [0.15, 0.2) is 5.82 Å². The van der Waals surface area contributed by atoms with Crippen LogP contribution in [0.15, 0.2) is 84.1 Å². The lowest BCUT2D eigenvalue weighted by Gasteiger charge is -2.28. The predicted octanol–water partition coefficient (Wildman–Crippen LogP) is 6.32. The second-order valence-electron chi connectivity index (χ2n) is 10.3. The van der Waals surface area contributed by atoms with Crippen molar-refractivity contribution in [3.63, 3.8) is 0 Å². The van der Waals surface area contributed by atoms with Crippen molar-refractivity contribution in [2.24, 2.45) is 0 Å². The van der Waals surface area contributed by atoms with Crippen LogP contribution in [0, 0.1) is 5.82 Å². The lowest BCUT2D eigenvalue weighted by atomic mass is 9.87. The molecule has 3 aromatic carbocycles. The Labute approximate surface area is 221 Å². The third-order valence-electron chi connectivity index (χ3n) is 6.65. The van der Waals surface area contributed by atoms with E-state index in [0.717, 1.165) is 5.56 Å². The van der Waals surface area contributed by atoms with E-state index in [1.165, 1.54) is 17.7 Å². The number of carbonyl (C=O) groups is 1. The minimum Gasteiger partial charge on any atom is -0.495 e. The molecule has 0 fully saturated rings. The van der Waals surface area contributed by atoms with Crippen LogP contribution in [0.1, 0.15) is 44.9 Å². The zero-order valence-corrected chi connectivity index (χ0v) is 22.0. The first-order valence-electron chi connectivity index (χ1n) is 12.4. The summed E-state index contributed by atoms with van der Waals surface area (Å²) in [6.07, 6.45) is 0. The molecule has 1 unspecified atom stereocenters. The third kappa shape index (κ3) is 4.77. The van der Waals surface area contributed by atoms with Crippen LogP contribution in [0.3, 0.4) is 0 Å². The molecule has 194 valence electrons. The number of allylic oxidation sites excluding steroid dienone is 1. The molecule has 5 rings (SSSR count). The van der Waals surface area contributed by atoms with Gasteiger partial charge >= 0.3 is 0 Å². The van der Waals surface area contributed by atoms with E-state index in [9.17, 15) is 9.18 Å². The topological polar surface area (TPSA) is 81.1 Å². The van der Waals surface area contributed by atoms with E-state index < -0.39 is 6.04 Å². The summed E-state index contributed by atoms with van der Waals surface area (Å²) in [7, 11) is 1.55. The minimum atomic E-state index is -0.628. The van der Waals surface area contributed by atoms with Crippen LogP contribution in [0.4, 0.5) is 16.0 Å². The summed E-state index contributed by atoms with van der Waals surface area (Å²) < 4.78 is 20.9. The van der Waals surface area contributed by atoms with Crippen molar-refractivity contribution in [1.82, 2.24) is 14.8 Å². The van der Waals surface area contributed by atoms with Crippen molar-refractivity contribution in [3.05, 3.63) is 101 Å². The number of hydrogen-bond acceptors (Lipinski definition) is 5. The summed E-state index contributed by atoms with van der Waals surface area (Å²) >= 11 is 0. The van der Waals surface area contributed by atoms with E-state index in [4.69, 9.17) is 14.8 Å². The van der Waals surface area contributed by atoms with Crippen LogP contribution in [0.25, 0.3) is 11.4 Å². The van der Waals surface area contributed by atoms with Crippen LogP contribution >= 0.6 is 0 Å². The Kier molecular flexibility index (Phi) is 6.48. The third-order valence-corrected chi connectivity index (χ3v) is 6.65. The first kappa shape index (κ1) is 25.2. The van der Waals surface area contributed by atoms with Gasteiger partial charge in [-0.1, -0.05) is 69.3 Å². The van der Waals surface area contributed by atoms with Gasteiger partial charge in [0.1, 0.15) is 17.6 Å². The van der Waals surface area contributed by atoms with Crippen LogP contribution < -0.4 is 15.4 Å². The van der Waals surface area contributed by atoms with Crippen molar-refractivity contribution in [3.8, 4) is 17.1 Å². The van der Waals surface area contributed by atoms with Crippen molar-refractivity contribution in [1.29, 1.82) is 0 Å². The molecule has 0 bridgehead atoms. The maximum atomic E-state index is 13.8. The molecule has 2 heterocycles. The molecule has 1 aromatic heterocycles. The van der Waals surface area contributed by atoms with E-state index in [0.29, 0.717) is 40.0 Å². The van der Waals surface area contributed by atoms with Gasteiger partial charge in [0, 0.05) is 11.3 Å². The number of aromatic nitrogens is 3. The van der Waals surface area contributed by atoms with Crippen LogP contribution in [-0.2, 0) is 10.2 Å². The summed E-state index contributed by atoms with van der Waals surface area (Å²) in [5, 5.41) is 11.0. The quantitative estimate of drug-likeness (QED) is 0.328. The lowest BCUT2D eigenvalue weighted by molar-refractivity contribution is -0.113. The minimum absolute atomic E-state index is 0.0271. The predicted molar refractivity (Wildman–Crippen MR) is 147 cm³/mol. The smallest absolute Gasteiger partial charge is 0.255 e. The second kappa shape index (κ2) is 9.78. The number of carbonyl (C=O) groups excluding carboxylic acids is 1. The molecule has 1 aliphatic heterocycles. The molecule has 0 radical (unpaired) electrons. The average Bonchev–Trinajstić information content (AvgIpc) is 3.32. The van der Waals surface area contributed by atoms with Gasteiger partial charge in [0.25, 0.3) is 5.91 Å². The number of benzene rings is 3. The highest BCUT2D eigenvalue weighted by Crippen LogP contribution is 2.37. The van der Waals surface area contributed by atoms with Crippen molar-refractivity contribution in [2.75, 3.05) is 17.7 Å². The number of amides is 1. The largest absolute Gasteiger partial charge is 0.495 e. The number of nitrogens with zero attached hydrogens (tertiary/aromatic N) is 3. The molecule has 1 aliphatic rings. The van der Waals surface area contributed by atoms with Gasteiger partial charge in [-0.15, -0.1) is 5.10 Å². The molecule has 0 aliphatic carbocycles. The molecule has 1 atom stereocenters. The first-order chi connectivity index (χ1) is 18.2. The van der Waals surface area contributed by atoms with Gasteiger partial charge in [0.05, 0.1) is 18.4 Å². The molecule has 0 saturated carbocycles. The number of rotatable bonds is 5. The molecule has 1 amide bonds. The van der Waals surface area contributed by atoms with Crippen LogP contribution in [-0.4, -0.2) is 27.8 Å². The summed E-state index contributed by atoms with van der Waals surface area (Å²) in [6.45, 7) is 8.32. The molecular formula is C30H30FN5O2. The highest BCUT2D eigenvalue weighted by Gasteiger charge is 2.35. The van der Waals surface area contributed by atoms with Gasteiger partial charge in [-0.05, 0) is 47.7 Å². The molecule has 2 N–H and O–H groups in total. The summed E-state index contributed by atoms with van der Waals surface area (Å²) in [5.41, 5.74) is 4.41. The van der Waals surface area contributed by atoms with E-state index >= 15 is 0 Å².